The minimum absolute atomic E-state index is 0. The first-order chi connectivity index (χ1) is 23.5. The van der Waals surface area contributed by atoms with E-state index in [-0.39, 0.29) is 20.1 Å². The SMILES string of the molecule is CC(C)c1cc(-c2ccccc2)cc(C(C)C)c1-n1c(-c2[c-]oc3ccccc23)nc2ccccc21.[Ir].[c-]1ccccc1-c1ccccn1. The summed E-state index contributed by atoms with van der Waals surface area (Å²) < 4.78 is 8.18. The van der Waals surface area contributed by atoms with Gasteiger partial charge in [0.25, 0.3) is 0 Å². The Kier molecular flexibility index (Phi) is 10.3. The third-order valence-corrected chi connectivity index (χ3v) is 8.60. The molecule has 0 fully saturated rings. The molecule has 0 spiro atoms. The fourth-order valence-electron chi connectivity index (χ4n) is 6.20. The Bertz CT molecular complexity index is 2220. The van der Waals surface area contributed by atoms with Crippen LogP contribution in [0.3, 0.4) is 0 Å². The maximum atomic E-state index is 5.84. The molecule has 3 heterocycles. The van der Waals surface area contributed by atoms with Crippen LogP contribution in [0.15, 0.2) is 144 Å². The number of para-hydroxylation sites is 3. The molecule has 3 aromatic heterocycles. The maximum absolute atomic E-state index is 5.84. The molecule has 0 aliphatic heterocycles. The molecule has 49 heavy (non-hydrogen) atoms. The van der Waals surface area contributed by atoms with Gasteiger partial charge in [-0.25, -0.2) is 0 Å². The molecular weight excluding hydrogens is 779 g/mol. The van der Waals surface area contributed by atoms with Crippen molar-refractivity contribution in [3.05, 3.63) is 163 Å². The van der Waals surface area contributed by atoms with Crippen LogP contribution in [-0.2, 0) is 20.1 Å². The van der Waals surface area contributed by atoms with Crippen LogP contribution in [0.1, 0.15) is 50.7 Å². The second-order valence-corrected chi connectivity index (χ2v) is 12.5. The van der Waals surface area contributed by atoms with E-state index < -0.39 is 0 Å². The minimum Gasteiger partial charge on any atom is -0.557 e. The Morgan fingerprint density at radius 1 is 0.673 bits per heavy atom. The molecule has 0 unspecified atom stereocenters. The van der Waals surface area contributed by atoms with Gasteiger partial charge in [-0.15, -0.1) is 42.0 Å². The van der Waals surface area contributed by atoms with E-state index in [4.69, 9.17) is 9.40 Å². The molecule has 0 aliphatic rings. The Labute approximate surface area is 301 Å². The van der Waals surface area contributed by atoms with Gasteiger partial charge in [0, 0.05) is 43.8 Å². The van der Waals surface area contributed by atoms with Crippen molar-refractivity contribution in [3.8, 4) is 39.5 Å². The summed E-state index contributed by atoms with van der Waals surface area (Å²) in [6.07, 6.45) is 4.97. The van der Waals surface area contributed by atoms with Crippen molar-refractivity contribution < 1.29 is 24.5 Å². The van der Waals surface area contributed by atoms with Crippen molar-refractivity contribution in [2.45, 2.75) is 39.5 Å². The summed E-state index contributed by atoms with van der Waals surface area (Å²) in [5.41, 5.74) is 12.1. The number of nitrogens with zero attached hydrogens (tertiary/aromatic N) is 3. The molecule has 0 amide bonds. The molecular formula is C44H37IrN3O-2. The van der Waals surface area contributed by atoms with Gasteiger partial charge in [0.2, 0.25) is 0 Å². The number of benzene rings is 5. The zero-order chi connectivity index (χ0) is 33.0. The monoisotopic (exact) mass is 816 g/mol. The zero-order valence-electron chi connectivity index (χ0n) is 28.0. The number of furan rings is 1. The number of aromatic nitrogens is 3. The number of fused-ring (bicyclic) bond motifs is 2. The summed E-state index contributed by atoms with van der Waals surface area (Å²) in [7, 11) is 0. The number of hydrogen-bond acceptors (Lipinski definition) is 3. The molecule has 245 valence electrons. The summed E-state index contributed by atoms with van der Waals surface area (Å²) >= 11 is 0. The van der Waals surface area contributed by atoms with Gasteiger partial charge in [-0.3, -0.25) is 4.98 Å². The second kappa shape index (κ2) is 15.0. The quantitative estimate of drug-likeness (QED) is 0.157. The van der Waals surface area contributed by atoms with E-state index in [0.717, 1.165) is 44.6 Å². The van der Waals surface area contributed by atoms with Crippen LogP contribution in [0.2, 0.25) is 0 Å². The van der Waals surface area contributed by atoms with Crippen LogP contribution in [0, 0.1) is 12.3 Å². The molecule has 0 saturated heterocycles. The molecule has 5 heteroatoms. The van der Waals surface area contributed by atoms with Crippen molar-refractivity contribution in [3.63, 3.8) is 0 Å². The topological polar surface area (TPSA) is 43.9 Å². The number of hydrogen-bond donors (Lipinski definition) is 0. The van der Waals surface area contributed by atoms with E-state index in [0.29, 0.717) is 11.8 Å². The standard InChI is InChI=1S/C33H29N2O.C11H8N.Ir/c1-21(2)26-18-24(23-12-6-5-7-13-23)19-27(22(3)4)32(26)35-30-16-10-9-15-29(30)34-33(35)28-20-36-31-17-11-8-14-25(28)31;1-2-6-10(7-3-1)11-8-4-5-9-12-11;/h5-19,21-22H,1-4H3;1-6,8-9H;/q2*-1;. The largest absolute Gasteiger partial charge is 0.557 e. The van der Waals surface area contributed by atoms with Gasteiger partial charge in [0.15, 0.2) is 0 Å². The minimum atomic E-state index is 0. The van der Waals surface area contributed by atoms with Crippen LogP contribution < -0.4 is 0 Å². The van der Waals surface area contributed by atoms with Crippen LogP contribution >= 0.6 is 0 Å². The van der Waals surface area contributed by atoms with E-state index in [9.17, 15) is 0 Å². The van der Waals surface area contributed by atoms with Crippen LogP contribution in [0.4, 0.5) is 0 Å². The zero-order valence-corrected chi connectivity index (χ0v) is 30.4. The molecule has 0 saturated carbocycles. The van der Waals surface area contributed by atoms with Gasteiger partial charge in [-0.05, 0) is 70.1 Å². The fraction of sp³-hybridized carbons (Fsp3) is 0.136. The predicted octanol–water partition coefficient (Wildman–Crippen LogP) is 11.7. The molecule has 5 aromatic carbocycles. The van der Waals surface area contributed by atoms with Crippen molar-refractivity contribution in [2.75, 3.05) is 0 Å². The predicted molar refractivity (Wildman–Crippen MR) is 197 cm³/mol. The molecule has 1 radical (unpaired) electrons. The summed E-state index contributed by atoms with van der Waals surface area (Å²) in [5, 5.41) is 1.02. The van der Waals surface area contributed by atoms with Crippen molar-refractivity contribution in [1.29, 1.82) is 0 Å². The molecule has 8 aromatic rings. The smallest absolute Gasteiger partial charge is 0.0774 e. The van der Waals surface area contributed by atoms with Crippen LogP contribution in [0.5, 0.6) is 0 Å². The van der Waals surface area contributed by atoms with Gasteiger partial charge in [-0.2, -0.15) is 0 Å². The summed E-state index contributed by atoms with van der Waals surface area (Å²) in [4.78, 5) is 9.35. The Hall–Kier alpha value is -5.09. The molecule has 0 atom stereocenters. The van der Waals surface area contributed by atoms with E-state index in [1.54, 1.807) is 6.20 Å². The number of rotatable bonds is 6. The second-order valence-electron chi connectivity index (χ2n) is 12.5. The first-order valence-electron chi connectivity index (χ1n) is 16.5. The Balaban J connectivity index is 0.000000270. The van der Waals surface area contributed by atoms with Crippen molar-refractivity contribution >= 4 is 22.0 Å². The van der Waals surface area contributed by atoms with Gasteiger partial charge in [-0.1, -0.05) is 111 Å². The third kappa shape index (κ3) is 6.91. The third-order valence-electron chi connectivity index (χ3n) is 8.60. The molecule has 0 N–H and O–H groups in total. The molecule has 4 nitrogen and oxygen atoms in total. The first-order valence-corrected chi connectivity index (χ1v) is 16.5. The first kappa shape index (κ1) is 33.8. The summed E-state index contributed by atoms with van der Waals surface area (Å²) in [6.45, 7) is 9.09. The average molecular weight is 816 g/mol. The number of pyridine rings is 1. The van der Waals surface area contributed by atoms with Gasteiger partial charge in [0.05, 0.1) is 16.9 Å². The van der Waals surface area contributed by atoms with Gasteiger partial charge in [0.1, 0.15) is 0 Å². The molecule has 0 bridgehead atoms. The van der Waals surface area contributed by atoms with Crippen molar-refractivity contribution in [2.24, 2.45) is 0 Å². The van der Waals surface area contributed by atoms with E-state index in [1.165, 1.54) is 27.9 Å². The van der Waals surface area contributed by atoms with E-state index in [2.05, 4.69) is 116 Å². The Morgan fingerprint density at radius 2 is 1.35 bits per heavy atom. The summed E-state index contributed by atoms with van der Waals surface area (Å²) in [5.74, 6) is 1.50. The number of imidazole rings is 1. The average Bonchev–Trinajstić information content (AvgIpc) is 3.74. The Morgan fingerprint density at radius 3 is 2.04 bits per heavy atom. The molecule has 8 rings (SSSR count). The maximum Gasteiger partial charge on any atom is 0.0774 e. The van der Waals surface area contributed by atoms with Crippen LogP contribution in [-0.4, -0.2) is 14.5 Å². The normalized spacial score (nSPS) is 11.1. The van der Waals surface area contributed by atoms with Gasteiger partial charge < -0.3 is 14.0 Å². The summed E-state index contributed by atoms with van der Waals surface area (Å²) in [6, 6.07) is 48.7. The van der Waals surface area contributed by atoms with Crippen molar-refractivity contribution in [1.82, 2.24) is 14.5 Å². The van der Waals surface area contributed by atoms with E-state index in [1.807, 2.05) is 66.7 Å². The molecule has 0 aliphatic carbocycles. The van der Waals surface area contributed by atoms with Crippen LogP contribution in [0.25, 0.3) is 61.5 Å². The van der Waals surface area contributed by atoms with Gasteiger partial charge >= 0.3 is 0 Å². The fourth-order valence-corrected chi connectivity index (χ4v) is 6.20. The van der Waals surface area contributed by atoms with E-state index >= 15 is 0 Å².